The van der Waals surface area contributed by atoms with E-state index in [9.17, 15) is 19.2 Å². The quantitative estimate of drug-likeness (QED) is 0.119. The van der Waals surface area contributed by atoms with Crippen molar-refractivity contribution in [2.24, 2.45) is 0 Å². The zero-order chi connectivity index (χ0) is 35.3. The maximum absolute atomic E-state index is 13.0. The van der Waals surface area contributed by atoms with Gasteiger partial charge in [0.05, 0.1) is 26.4 Å². The molecule has 2 rings (SSSR count). The van der Waals surface area contributed by atoms with Crippen LogP contribution in [0.25, 0.3) is 0 Å². The van der Waals surface area contributed by atoms with Crippen molar-refractivity contribution in [2.75, 3.05) is 25.6 Å². The molecule has 3 N–H and O–H groups in total. The van der Waals surface area contributed by atoms with Gasteiger partial charge >= 0.3 is 18.2 Å². The third-order valence-corrected chi connectivity index (χ3v) is 11.9. The van der Waals surface area contributed by atoms with Crippen molar-refractivity contribution in [1.82, 2.24) is 10.6 Å². The number of anilines is 1. The van der Waals surface area contributed by atoms with Gasteiger partial charge in [-0.1, -0.05) is 63.2 Å². The highest BCUT2D eigenvalue weighted by molar-refractivity contribution is 6.74. The molecule has 260 valence electrons. The fourth-order valence-corrected chi connectivity index (χ4v) is 4.87. The molecule has 0 aliphatic carbocycles. The Morgan fingerprint density at radius 3 is 2.13 bits per heavy atom. The predicted octanol–water partition coefficient (Wildman–Crippen LogP) is 5.91. The van der Waals surface area contributed by atoms with Crippen LogP contribution in [0.3, 0.4) is 0 Å². The molecule has 47 heavy (non-hydrogen) atoms. The number of nitrogens with one attached hydrogen (secondary N) is 3. The number of rotatable bonds is 15. The lowest BCUT2D eigenvalue weighted by Gasteiger charge is -2.38. The van der Waals surface area contributed by atoms with Crippen LogP contribution in [0.1, 0.15) is 59.1 Å². The van der Waals surface area contributed by atoms with Crippen LogP contribution in [-0.2, 0) is 46.2 Å². The van der Waals surface area contributed by atoms with Crippen molar-refractivity contribution in [3.63, 3.8) is 0 Å². The van der Waals surface area contributed by atoms with Crippen molar-refractivity contribution in [2.45, 2.75) is 97.1 Å². The standard InChI is InChI=1S/C34H51N3O9Si/c1-33(2,3)46-32(41)37-27(23-45-47(8,9)34(4,5)6)29(30(39)42-7)43-22-25-16-13-17-26(20-25)36-28(38)18-19-35-31(40)44-21-24-14-11-10-12-15-24/h10-17,20,27,29H,18-19,21-23H2,1-9H3,(H,35,40)(H,36,38)(H,37,41)/t27-,29+/m1/s1. The van der Waals surface area contributed by atoms with Crippen LogP contribution >= 0.6 is 0 Å². The molecule has 0 radical (unpaired) electrons. The second-order valence-corrected chi connectivity index (χ2v) is 18.4. The molecule has 2 aromatic rings. The number of hydrogen-bond acceptors (Lipinski definition) is 9. The van der Waals surface area contributed by atoms with E-state index in [0.29, 0.717) is 11.3 Å². The molecule has 0 fully saturated rings. The lowest BCUT2D eigenvalue weighted by molar-refractivity contribution is -0.157. The summed E-state index contributed by atoms with van der Waals surface area (Å²) in [5.41, 5.74) is 1.25. The first-order chi connectivity index (χ1) is 21.9. The summed E-state index contributed by atoms with van der Waals surface area (Å²) in [6, 6.07) is 15.3. The molecule has 0 saturated carbocycles. The summed E-state index contributed by atoms with van der Waals surface area (Å²) in [4.78, 5) is 50.2. The molecule has 0 aliphatic heterocycles. The SMILES string of the molecule is COC(=O)[C@@H](OCc1cccc(NC(=O)CCNC(=O)OCc2ccccc2)c1)[C@@H](CO[Si](C)(C)C(C)(C)C)NC(=O)OC(C)(C)C. The molecule has 0 aliphatic rings. The van der Waals surface area contributed by atoms with Gasteiger partial charge in [-0.3, -0.25) is 4.79 Å². The molecule has 13 heteroatoms. The van der Waals surface area contributed by atoms with Crippen LogP contribution < -0.4 is 16.0 Å². The maximum atomic E-state index is 13.0. The van der Waals surface area contributed by atoms with E-state index in [0.717, 1.165) is 5.56 Å². The average Bonchev–Trinajstić information content (AvgIpc) is 2.97. The van der Waals surface area contributed by atoms with Gasteiger partial charge in [-0.15, -0.1) is 0 Å². The van der Waals surface area contributed by atoms with E-state index in [1.165, 1.54) is 7.11 Å². The predicted molar refractivity (Wildman–Crippen MR) is 181 cm³/mol. The molecule has 0 aromatic heterocycles. The fraction of sp³-hybridized carbons (Fsp3) is 0.529. The van der Waals surface area contributed by atoms with E-state index in [4.69, 9.17) is 23.4 Å². The minimum absolute atomic E-state index is 0.000563. The van der Waals surface area contributed by atoms with Crippen LogP contribution in [0.2, 0.25) is 18.1 Å². The second kappa shape index (κ2) is 17.8. The third kappa shape index (κ3) is 14.6. The van der Waals surface area contributed by atoms with Crippen LogP contribution in [-0.4, -0.2) is 70.4 Å². The molecule has 0 bridgehead atoms. The molecule has 2 atom stereocenters. The minimum Gasteiger partial charge on any atom is -0.467 e. The van der Waals surface area contributed by atoms with E-state index in [2.05, 4.69) is 49.8 Å². The summed E-state index contributed by atoms with van der Waals surface area (Å²) >= 11 is 0. The molecule has 0 saturated heterocycles. The number of benzene rings is 2. The van der Waals surface area contributed by atoms with Crippen LogP contribution in [0.4, 0.5) is 15.3 Å². The second-order valence-electron chi connectivity index (χ2n) is 13.6. The van der Waals surface area contributed by atoms with Gasteiger partial charge in [-0.2, -0.15) is 0 Å². The number of carbonyl (C=O) groups is 4. The Bertz CT molecular complexity index is 1320. The Morgan fingerprint density at radius 2 is 1.51 bits per heavy atom. The molecule has 0 unspecified atom stereocenters. The Hall–Kier alpha value is -3.94. The van der Waals surface area contributed by atoms with Crippen molar-refractivity contribution in [3.05, 3.63) is 65.7 Å². The van der Waals surface area contributed by atoms with Gasteiger partial charge in [-0.25, -0.2) is 14.4 Å². The fourth-order valence-electron chi connectivity index (χ4n) is 3.84. The topological polar surface area (TPSA) is 151 Å². The van der Waals surface area contributed by atoms with Crippen LogP contribution in [0.5, 0.6) is 0 Å². The summed E-state index contributed by atoms with van der Waals surface area (Å²) in [7, 11) is -1.03. The van der Waals surface area contributed by atoms with Gasteiger partial charge in [0, 0.05) is 18.7 Å². The molecular formula is C34H51N3O9Si. The molecule has 0 spiro atoms. The number of ether oxygens (including phenoxy) is 4. The van der Waals surface area contributed by atoms with Gasteiger partial charge in [0.15, 0.2) is 14.4 Å². The monoisotopic (exact) mass is 673 g/mol. The lowest BCUT2D eigenvalue weighted by atomic mass is 10.1. The number of esters is 1. The summed E-state index contributed by atoms with van der Waals surface area (Å²) in [6.07, 6.45) is -2.53. The molecule has 12 nitrogen and oxygen atoms in total. The third-order valence-electron chi connectivity index (χ3n) is 7.41. The average molecular weight is 674 g/mol. The highest BCUT2D eigenvalue weighted by atomic mass is 28.4. The van der Waals surface area contributed by atoms with E-state index < -0.39 is 44.2 Å². The van der Waals surface area contributed by atoms with E-state index in [1.54, 1.807) is 45.0 Å². The van der Waals surface area contributed by atoms with Crippen molar-refractivity contribution in [1.29, 1.82) is 0 Å². The molecule has 0 heterocycles. The number of hydrogen-bond donors (Lipinski definition) is 3. The minimum atomic E-state index is -2.27. The lowest BCUT2D eigenvalue weighted by Crippen LogP contribution is -2.54. The smallest absolute Gasteiger partial charge is 0.408 e. The largest absolute Gasteiger partial charge is 0.467 e. The zero-order valence-corrected chi connectivity index (χ0v) is 30.1. The molecule has 3 amide bonds. The first-order valence-corrected chi connectivity index (χ1v) is 18.5. The summed E-state index contributed by atoms with van der Waals surface area (Å²) in [6.45, 7) is 15.8. The van der Waals surface area contributed by atoms with Gasteiger partial charge in [0.2, 0.25) is 5.91 Å². The molecular weight excluding hydrogens is 622 g/mol. The maximum Gasteiger partial charge on any atom is 0.408 e. The van der Waals surface area contributed by atoms with E-state index >= 15 is 0 Å². The number of methoxy groups -OCH3 is 1. The first-order valence-electron chi connectivity index (χ1n) is 15.6. The van der Waals surface area contributed by atoms with E-state index in [-0.39, 0.29) is 43.7 Å². The highest BCUT2D eigenvalue weighted by Gasteiger charge is 2.40. The summed E-state index contributed by atoms with van der Waals surface area (Å²) < 4.78 is 28.0. The number of carbonyl (C=O) groups excluding carboxylic acids is 4. The first kappa shape index (κ1) is 39.2. The van der Waals surface area contributed by atoms with Gasteiger partial charge < -0.3 is 39.3 Å². The Kier molecular flexibility index (Phi) is 14.9. The number of alkyl carbamates (subject to hydrolysis) is 2. The van der Waals surface area contributed by atoms with Gasteiger partial charge in [0.1, 0.15) is 12.2 Å². The van der Waals surface area contributed by atoms with Gasteiger partial charge in [-0.05, 0) is 62.2 Å². The summed E-state index contributed by atoms with van der Waals surface area (Å²) in [5.74, 6) is -1.01. The van der Waals surface area contributed by atoms with Crippen LogP contribution in [0, 0.1) is 0 Å². The Balaban J connectivity index is 2.03. The van der Waals surface area contributed by atoms with Crippen molar-refractivity contribution < 1.29 is 42.6 Å². The normalized spacial score (nSPS) is 13.1. The van der Waals surface area contributed by atoms with Crippen LogP contribution in [0.15, 0.2) is 54.6 Å². The Morgan fingerprint density at radius 1 is 0.851 bits per heavy atom. The van der Waals surface area contributed by atoms with Gasteiger partial charge in [0.25, 0.3) is 0 Å². The zero-order valence-electron chi connectivity index (χ0n) is 29.1. The van der Waals surface area contributed by atoms with Crippen molar-refractivity contribution >= 4 is 38.1 Å². The van der Waals surface area contributed by atoms with E-state index in [1.807, 2.05) is 30.3 Å². The molecule has 2 aromatic carbocycles. The Labute approximate surface area is 279 Å². The summed E-state index contributed by atoms with van der Waals surface area (Å²) in [5, 5.41) is 7.98. The number of amides is 3. The highest BCUT2D eigenvalue weighted by Crippen LogP contribution is 2.36. The van der Waals surface area contributed by atoms with Crippen molar-refractivity contribution in [3.8, 4) is 0 Å².